The molecule has 0 aliphatic heterocycles. The highest BCUT2D eigenvalue weighted by Crippen LogP contribution is 2.13. The largest absolute Gasteiger partial charge is 0.462 e. The Morgan fingerprint density at radius 2 is 0.724 bits per heavy atom. The standard InChI is InChI=1S/C52H90O6/c1-4-7-10-13-16-19-21-23-24-25-26-27-29-30-33-36-39-42-45-51(54)57-48-49(47-56-50(53)44-41-38-35-32-18-15-12-9-6-3)58-52(55)46-43-40-37-34-31-28-22-20-17-14-11-8-5-2/h9,12,18,24-28,31-32,49H,4-8,10-11,13-17,19-23,29-30,33-48H2,1-3H3/b12-9-,25-24-,27-26-,31-28-,32-18-. The van der Waals surface area contributed by atoms with Crippen LogP contribution in [0.4, 0.5) is 0 Å². The maximum Gasteiger partial charge on any atom is 0.306 e. The Morgan fingerprint density at radius 3 is 1.21 bits per heavy atom. The van der Waals surface area contributed by atoms with Gasteiger partial charge < -0.3 is 14.2 Å². The molecule has 1 atom stereocenters. The molecule has 0 fully saturated rings. The molecule has 0 saturated heterocycles. The summed E-state index contributed by atoms with van der Waals surface area (Å²) in [5.41, 5.74) is 0. The average molecular weight is 811 g/mol. The summed E-state index contributed by atoms with van der Waals surface area (Å²) in [6.45, 7) is 6.44. The van der Waals surface area contributed by atoms with Crippen molar-refractivity contribution in [1.82, 2.24) is 0 Å². The van der Waals surface area contributed by atoms with E-state index in [-0.39, 0.29) is 31.1 Å². The van der Waals surface area contributed by atoms with Crippen LogP contribution in [-0.2, 0) is 28.6 Å². The quantitative estimate of drug-likeness (QED) is 0.0201. The molecule has 0 spiro atoms. The minimum atomic E-state index is -0.798. The molecule has 0 aromatic carbocycles. The van der Waals surface area contributed by atoms with Gasteiger partial charge in [0.2, 0.25) is 0 Å². The summed E-state index contributed by atoms with van der Waals surface area (Å²) < 4.78 is 16.7. The van der Waals surface area contributed by atoms with Crippen molar-refractivity contribution < 1.29 is 28.6 Å². The van der Waals surface area contributed by atoms with Crippen molar-refractivity contribution >= 4 is 17.9 Å². The number of ether oxygens (including phenoxy) is 3. The number of allylic oxidation sites excluding steroid dienone is 10. The molecule has 0 saturated carbocycles. The monoisotopic (exact) mass is 811 g/mol. The summed E-state index contributed by atoms with van der Waals surface area (Å²) in [6.07, 6.45) is 56.5. The van der Waals surface area contributed by atoms with Gasteiger partial charge >= 0.3 is 17.9 Å². The topological polar surface area (TPSA) is 78.9 Å². The van der Waals surface area contributed by atoms with Crippen LogP contribution in [0.15, 0.2) is 60.8 Å². The van der Waals surface area contributed by atoms with Gasteiger partial charge in [-0.05, 0) is 96.3 Å². The molecule has 0 heterocycles. The lowest BCUT2D eigenvalue weighted by Gasteiger charge is -2.18. The van der Waals surface area contributed by atoms with E-state index in [1.165, 1.54) is 89.9 Å². The van der Waals surface area contributed by atoms with Gasteiger partial charge in [-0.3, -0.25) is 14.4 Å². The Balaban J connectivity index is 4.39. The molecule has 0 N–H and O–H groups in total. The zero-order valence-corrected chi connectivity index (χ0v) is 38.0. The lowest BCUT2D eigenvalue weighted by molar-refractivity contribution is -0.167. The predicted molar refractivity (Wildman–Crippen MR) is 247 cm³/mol. The second-order valence-corrected chi connectivity index (χ2v) is 16.0. The van der Waals surface area contributed by atoms with Crippen LogP contribution >= 0.6 is 0 Å². The predicted octanol–water partition coefficient (Wildman–Crippen LogP) is 15.7. The smallest absolute Gasteiger partial charge is 0.306 e. The van der Waals surface area contributed by atoms with Crippen molar-refractivity contribution in [3.8, 4) is 0 Å². The van der Waals surface area contributed by atoms with E-state index in [2.05, 4.69) is 81.5 Å². The summed E-state index contributed by atoms with van der Waals surface area (Å²) in [7, 11) is 0. The molecule has 0 aromatic heterocycles. The van der Waals surface area contributed by atoms with Gasteiger partial charge in [0.05, 0.1) is 0 Å². The molecule has 6 nitrogen and oxygen atoms in total. The van der Waals surface area contributed by atoms with Gasteiger partial charge in [0, 0.05) is 19.3 Å². The first kappa shape index (κ1) is 55.1. The Kier molecular flexibility index (Phi) is 44.5. The fourth-order valence-electron chi connectivity index (χ4n) is 6.58. The zero-order chi connectivity index (χ0) is 42.3. The van der Waals surface area contributed by atoms with Crippen molar-refractivity contribution in [2.75, 3.05) is 13.2 Å². The van der Waals surface area contributed by atoms with Crippen molar-refractivity contribution in [2.24, 2.45) is 0 Å². The van der Waals surface area contributed by atoms with Crippen molar-refractivity contribution in [3.05, 3.63) is 60.8 Å². The number of esters is 3. The third-order valence-electron chi connectivity index (χ3n) is 10.3. The minimum Gasteiger partial charge on any atom is -0.462 e. The van der Waals surface area contributed by atoms with E-state index in [0.29, 0.717) is 19.3 Å². The third kappa shape index (κ3) is 44.2. The van der Waals surface area contributed by atoms with Gasteiger partial charge in [0.15, 0.2) is 6.10 Å². The van der Waals surface area contributed by atoms with Crippen molar-refractivity contribution in [1.29, 1.82) is 0 Å². The van der Waals surface area contributed by atoms with Crippen LogP contribution in [0.25, 0.3) is 0 Å². The number of carbonyl (C=O) groups is 3. The summed E-state index contributed by atoms with van der Waals surface area (Å²) in [6, 6.07) is 0. The van der Waals surface area contributed by atoms with Gasteiger partial charge in [-0.15, -0.1) is 0 Å². The highest BCUT2D eigenvalue weighted by atomic mass is 16.6. The summed E-state index contributed by atoms with van der Waals surface area (Å²) in [5.74, 6) is -0.968. The van der Waals surface area contributed by atoms with Crippen molar-refractivity contribution in [3.63, 3.8) is 0 Å². The Morgan fingerprint density at radius 1 is 0.379 bits per heavy atom. The number of hydrogen-bond acceptors (Lipinski definition) is 6. The number of rotatable bonds is 43. The molecule has 334 valence electrons. The highest BCUT2D eigenvalue weighted by Gasteiger charge is 2.19. The first-order chi connectivity index (χ1) is 28.5. The van der Waals surface area contributed by atoms with Gasteiger partial charge in [-0.1, -0.05) is 178 Å². The number of hydrogen-bond donors (Lipinski definition) is 0. The molecule has 0 bridgehead atoms. The fourth-order valence-corrected chi connectivity index (χ4v) is 6.58. The molecule has 6 heteroatoms. The number of carbonyl (C=O) groups excluding carboxylic acids is 3. The van der Waals surface area contributed by atoms with E-state index < -0.39 is 6.10 Å². The Bertz CT molecular complexity index is 1070. The fraction of sp³-hybridized carbons (Fsp3) is 0.750. The van der Waals surface area contributed by atoms with Crippen LogP contribution in [0.5, 0.6) is 0 Å². The Hall–Kier alpha value is -2.89. The molecule has 0 rings (SSSR count). The van der Waals surface area contributed by atoms with E-state index in [9.17, 15) is 14.4 Å². The van der Waals surface area contributed by atoms with E-state index in [1.807, 2.05) is 0 Å². The average Bonchev–Trinajstić information content (AvgIpc) is 3.22. The first-order valence-electron chi connectivity index (χ1n) is 24.3. The lowest BCUT2D eigenvalue weighted by atomic mass is 10.1. The molecule has 1 unspecified atom stereocenters. The van der Waals surface area contributed by atoms with Crippen LogP contribution in [-0.4, -0.2) is 37.2 Å². The van der Waals surface area contributed by atoms with Gasteiger partial charge in [0.25, 0.3) is 0 Å². The second-order valence-electron chi connectivity index (χ2n) is 16.0. The molecule has 0 amide bonds. The maximum absolute atomic E-state index is 12.7. The summed E-state index contributed by atoms with van der Waals surface area (Å²) in [5, 5.41) is 0. The molecule has 58 heavy (non-hydrogen) atoms. The molecular weight excluding hydrogens is 721 g/mol. The lowest BCUT2D eigenvalue weighted by Crippen LogP contribution is -2.30. The second kappa shape index (κ2) is 46.8. The first-order valence-corrected chi connectivity index (χ1v) is 24.3. The molecule has 0 aliphatic rings. The van der Waals surface area contributed by atoms with Crippen molar-refractivity contribution in [2.45, 2.75) is 239 Å². The van der Waals surface area contributed by atoms with Crippen LogP contribution in [0.1, 0.15) is 233 Å². The minimum absolute atomic E-state index is 0.0989. The molecular formula is C52H90O6. The molecule has 0 radical (unpaired) electrons. The van der Waals surface area contributed by atoms with Gasteiger partial charge in [-0.25, -0.2) is 0 Å². The molecule has 0 aromatic rings. The van der Waals surface area contributed by atoms with E-state index >= 15 is 0 Å². The van der Waals surface area contributed by atoms with Crippen LogP contribution < -0.4 is 0 Å². The Labute approximate surface area is 358 Å². The summed E-state index contributed by atoms with van der Waals surface area (Å²) in [4.78, 5) is 37.7. The van der Waals surface area contributed by atoms with Gasteiger partial charge in [-0.2, -0.15) is 0 Å². The van der Waals surface area contributed by atoms with Crippen LogP contribution in [0, 0.1) is 0 Å². The van der Waals surface area contributed by atoms with E-state index in [4.69, 9.17) is 14.2 Å². The normalized spacial score (nSPS) is 12.5. The van der Waals surface area contributed by atoms with Crippen LogP contribution in [0.2, 0.25) is 0 Å². The third-order valence-corrected chi connectivity index (χ3v) is 10.3. The van der Waals surface area contributed by atoms with E-state index in [0.717, 1.165) is 103 Å². The highest BCUT2D eigenvalue weighted by molar-refractivity contribution is 5.71. The maximum atomic E-state index is 12.7. The SMILES string of the molecule is CC/C=C\C/C=C\CCCCC(=O)OCC(COC(=O)CCCCCCC/C=C\C=C/CCCCCCCCC)OC(=O)CCCCC/C=C\CCCCCCCC. The molecule has 0 aliphatic carbocycles. The summed E-state index contributed by atoms with van der Waals surface area (Å²) >= 11 is 0. The van der Waals surface area contributed by atoms with Crippen LogP contribution in [0.3, 0.4) is 0 Å². The van der Waals surface area contributed by atoms with E-state index in [1.54, 1.807) is 0 Å². The van der Waals surface area contributed by atoms with Gasteiger partial charge in [0.1, 0.15) is 13.2 Å². The zero-order valence-electron chi connectivity index (χ0n) is 38.0. The number of unbranched alkanes of at least 4 members (excludes halogenated alkanes) is 23.